The molecule has 3 aromatic carbocycles. The number of aryl methyl sites for hydroxylation is 2. The highest BCUT2D eigenvalue weighted by atomic mass is 32.1. The molecule has 0 bridgehead atoms. The van der Waals surface area contributed by atoms with E-state index < -0.39 is 0 Å². The van der Waals surface area contributed by atoms with Gasteiger partial charge in [0.2, 0.25) is 0 Å². The predicted octanol–water partition coefficient (Wildman–Crippen LogP) is 16.4. The number of halogens is 1. The van der Waals surface area contributed by atoms with Crippen molar-refractivity contribution in [3.8, 4) is 20.9 Å². The third-order valence-electron chi connectivity index (χ3n) is 10.4. The fourth-order valence-electron chi connectivity index (χ4n) is 6.88. The van der Waals surface area contributed by atoms with E-state index in [-0.39, 0.29) is 11.5 Å². The zero-order valence-electron chi connectivity index (χ0n) is 31.9. The molecule has 2 unspecified atom stereocenters. The molecule has 6 rings (SSSR count). The number of benzene rings is 3. The van der Waals surface area contributed by atoms with E-state index in [2.05, 4.69) is 99.4 Å². The Balaban J connectivity index is 1.08. The Morgan fingerprint density at radius 1 is 0.574 bits per heavy atom. The van der Waals surface area contributed by atoms with E-state index in [1.54, 1.807) is 23.5 Å². The second-order valence-electron chi connectivity index (χ2n) is 14.2. The maximum atomic E-state index is 15.0. The summed E-state index contributed by atoms with van der Waals surface area (Å²) in [6, 6.07) is 26.0. The van der Waals surface area contributed by atoms with Gasteiger partial charge in [0.05, 0.1) is 17.4 Å². The summed E-state index contributed by atoms with van der Waals surface area (Å²) in [4.78, 5) is 2.07. The summed E-state index contributed by atoms with van der Waals surface area (Å²) >= 11 is 4.29. The number of hydrogen-bond acceptors (Lipinski definition) is 9. The number of azo groups is 2. The Bertz CT molecular complexity index is 2130. The van der Waals surface area contributed by atoms with Crippen molar-refractivity contribution < 1.29 is 4.39 Å². The maximum absolute atomic E-state index is 15.0. The van der Waals surface area contributed by atoms with Crippen LogP contribution in [0.3, 0.4) is 0 Å². The van der Waals surface area contributed by atoms with E-state index in [0.717, 1.165) is 73.3 Å². The van der Waals surface area contributed by atoms with Crippen molar-refractivity contribution in [1.82, 2.24) is 8.75 Å². The molecule has 3 heterocycles. The topological polar surface area (TPSA) is 75.2 Å². The van der Waals surface area contributed by atoms with Crippen molar-refractivity contribution in [3.63, 3.8) is 0 Å². The number of aromatic nitrogens is 2. The smallest absolute Gasteiger partial charge is 0.150 e. The van der Waals surface area contributed by atoms with Gasteiger partial charge in [0.15, 0.2) is 5.82 Å². The predicted molar refractivity (Wildman–Crippen MR) is 228 cm³/mol. The Labute approximate surface area is 332 Å². The van der Waals surface area contributed by atoms with E-state index in [1.165, 1.54) is 86.4 Å². The lowest BCUT2D eigenvalue weighted by molar-refractivity contribution is 0.421. The highest BCUT2D eigenvalue weighted by Crippen LogP contribution is 2.42. The summed E-state index contributed by atoms with van der Waals surface area (Å²) in [5.41, 5.74) is 7.19. The molecule has 0 radical (unpaired) electrons. The Morgan fingerprint density at radius 2 is 1.11 bits per heavy atom. The first-order valence-electron chi connectivity index (χ1n) is 19.6. The van der Waals surface area contributed by atoms with Crippen LogP contribution in [0.2, 0.25) is 0 Å². The van der Waals surface area contributed by atoms with E-state index in [0.29, 0.717) is 10.9 Å². The average molecular weight is 779 g/mol. The summed E-state index contributed by atoms with van der Waals surface area (Å²) < 4.78 is 24.3. The van der Waals surface area contributed by atoms with Crippen molar-refractivity contribution in [2.75, 3.05) is 0 Å². The molecular weight excluding hydrogens is 728 g/mol. The van der Waals surface area contributed by atoms with Gasteiger partial charge in [0, 0.05) is 20.9 Å². The summed E-state index contributed by atoms with van der Waals surface area (Å²) in [6.45, 7) is 9.06. The van der Waals surface area contributed by atoms with Gasteiger partial charge in [0.25, 0.3) is 0 Å². The number of fused-ring (bicyclic) bond motifs is 1. The summed E-state index contributed by atoms with van der Waals surface area (Å²) in [5.74, 6) is 1.18. The van der Waals surface area contributed by atoms with E-state index in [4.69, 9.17) is 0 Å². The van der Waals surface area contributed by atoms with Crippen LogP contribution in [-0.4, -0.2) is 8.75 Å². The molecule has 2 atom stereocenters. The molecule has 0 amide bonds. The second-order valence-corrected chi connectivity index (χ2v) is 16.8. The third-order valence-corrected chi connectivity index (χ3v) is 12.9. The van der Waals surface area contributed by atoms with Crippen LogP contribution < -0.4 is 0 Å². The van der Waals surface area contributed by atoms with Crippen LogP contribution >= 0.6 is 34.4 Å². The normalized spacial score (nSPS) is 13.1. The first kappa shape index (κ1) is 39.7. The van der Waals surface area contributed by atoms with Crippen molar-refractivity contribution >= 4 is 66.8 Å². The molecule has 0 saturated heterocycles. The number of rotatable bonds is 20. The van der Waals surface area contributed by atoms with Gasteiger partial charge in [-0.05, 0) is 97.2 Å². The molecule has 0 fully saturated rings. The van der Waals surface area contributed by atoms with Crippen LogP contribution in [0, 0.1) is 17.7 Å². The van der Waals surface area contributed by atoms with Crippen molar-refractivity contribution in [2.45, 2.75) is 105 Å². The molecule has 6 nitrogen and oxygen atoms in total. The van der Waals surface area contributed by atoms with Crippen LogP contribution in [0.1, 0.15) is 103 Å². The molecule has 0 saturated carbocycles. The van der Waals surface area contributed by atoms with Gasteiger partial charge < -0.3 is 0 Å². The van der Waals surface area contributed by atoms with Gasteiger partial charge in [-0.2, -0.15) is 8.75 Å². The van der Waals surface area contributed by atoms with Gasteiger partial charge in [-0.25, -0.2) is 4.39 Å². The summed E-state index contributed by atoms with van der Waals surface area (Å²) in [5, 5.41) is 19.3. The third kappa shape index (κ3) is 10.6. The standard InChI is InChI=1S/C44H51FN6S3/c1-5-9-11-30(7-3)13-15-32-17-20-34(21-18-32)46-48-41-27-25-39(52-41)35-22-23-36(44-43(35)50-54-51-44)40-26-28-42(53-40)49-47-38-24-19-33(29-37(38)45)16-14-31(8-4)12-10-6-2/h17-31H,5-16H2,1-4H3. The molecule has 10 heteroatoms. The van der Waals surface area contributed by atoms with Gasteiger partial charge >= 0.3 is 0 Å². The fraction of sp³-hybridized carbons (Fsp3) is 0.409. The Hall–Kier alpha value is -3.99. The molecule has 6 aromatic rings. The molecule has 3 aromatic heterocycles. The number of thiophene rings is 2. The highest BCUT2D eigenvalue weighted by molar-refractivity contribution is 7.19. The van der Waals surface area contributed by atoms with Crippen LogP contribution in [0.15, 0.2) is 99.3 Å². The number of hydrogen-bond donors (Lipinski definition) is 0. The van der Waals surface area contributed by atoms with E-state index in [1.807, 2.05) is 24.3 Å². The Kier molecular flexibility index (Phi) is 14.8. The lowest BCUT2D eigenvalue weighted by Crippen LogP contribution is -2.01. The van der Waals surface area contributed by atoms with E-state index in [9.17, 15) is 4.39 Å². The first-order chi connectivity index (χ1) is 26.5. The van der Waals surface area contributed by atoms with Crippen molar-refractivity contribution in [1.29, 1.82) is 0 Å². The zero-order chi connectivity index (χ0) is 37.7. The molecule has 282 valence electrons. The highest BCUT2D eigenvalue weighted by Gasteiger charge is 2.17. The maximum Gasteiger partial charge on any atom is 0.150 e. The molecule has 0 N–H and O–H groups in total. The number of nitrogens with zero attached hydrogens (tertiary/aromatic N) is 6. The minimum Gasteiger partial charge on any atom is -0.205 e. The molecule has 0 spiro atoms. The fourth-order valence-corrected chi connectivity index (χ4v) is 9.16. The Morgan fingerprint density at radius 3 is 1.65 bits per heavy atom. The minimum absolute atomic E-state index is 0.253. The van der Waals surface area contributed by atoms with Crippen LogP contribution in [0.25, 0.3) is 31.9 Å². The quantitative estimate of drug-likeness (QED) is 0.0724. The van der Waals surface area contributed by atoms with Crippen LogP contribution in [0.4, 0.5) is 25.8 Å². The molecule has 0 aliphatic carbocycles. The van der Waals surface area contributed by atoms with Gasteiger partial charge in [-0.15, -0.1) is 43.1 Å². The van der Waals surface area contributed by atoms with Gasteiger partial charge in [0.1, 0.15) is 26.7 Å². The summed E-state index contributed by atoms with van der Waals surface area (Å²) in [6.07, 6.45) is 14.4. The van der Waals surface area contributed by atoms with Crippen molar-refractivity contribution in [3.05, 3.63) is 95.8 Å². The SMILES string of the molecule is CCCCC(CC)CCc1ccc(N=Nc2ccc(-c3ccc(-c4ccc(N=Nc5ccc(CCC(CC)CCCC)cc5F)s4)c4nsnc34)s2)cc1. The molecule has 0 aliphatic heterocycles. The van der Waals surface area contributed by atoms with Crippen LogP contribution in [0.5, 0.6) is 0 Å². The largest absolute Gasteiger partial charge is 0.205 e. The van der Waals surface area contributed by atoms with Gasteiger partial charge in [-0.1, -0.05) is 109 Å². The second kappa shape index (κ2) is 20.1. The van der Waals surface area contributed by atoms with Crippen LogP contribution in [-0.2, 0) is 12.8 Å². The lowest BCUT2D eigenvalue weighted by Gasteiger charge is -2.14. The molecule has 0 aliphatic rings. The minimum atomic E-state index is -0.332. The average Bonchev–Trinajstić information content (AvgIpc) is 3.99. The summed E-state index contributed by atoms with van der Waals surface area (Å²) in [7, 11) is 0. The first-order valence-corrected chi connectivity index (χ1v) is 22.0. The van der Waals surface area contributed by atoms with Crippen molar-refractivity contribution in [2.24, 2.45) is 32.3 Å². The molecular formula is C44H51FN6S3. The van der Waals surface area contributed by atoms with Gasteiger partial charge in [-0.3, -0.25) is 0 Å². The molecule has 54 heavy (non-hydrogen) atoms. The number of unbranched alkanes of at least 4 members (excludes halogenated alkanes) is 2. The lowest BCUT2D eigenvalue weighted by atomic mass is 9.92. The zero-order valence-corrected chi connectivity index (χ0v) is 34.4. The monoisotopic (exact) mass is 778 g/mol. The van der Waals surface area contributed by atoms with E-state index >= 15 is 0 Å².